The smallest absolute Gasteiger partial charge is 0.248 e. The van der Waals surface area contributed by atoms with Crippen molar-refractivity contribution in [3.8, 4) is 11.4 Å². The number of primary amides is 1. The first-order valence-corrected chi connectivity index (χ1v) is 5.78. The van der Waals surface area contributed by atoms with E-state index in [-0.39, 0.29) is 6.61 Å². The Morgan fingerprint density at radius 3 is 2.63 bits per heavy atom. The molecule has 19 heavy (non-hydrogen) atoms. The molecule has 0 saturated carbocycles. The number of benzene rings is 1. The van der Waals surface area contributed by atoms with E-state index in [2.05, 4.69) is 15.3 Å². The van der Waals surface area contributed by atoms with E-state index in [0.717, 1.165) is 5.56 Å². The van der Waals surface area contributed by atoms with E-state index in [4.69, 9.17) is 10.8 Å². The predicted octanol–water partition coefficient (Wildman–Crippen LogP) is 0.647. The van der Waals surface area contributed by atoms with Crippen LogP contribution in [0.1, 0.15) is 10.4 Å². The Labute approximate surface area is 110 Å². The molecule has 0 aliphatic carbocycles. The minimum Gasteiger partial charge on any atom is -0.395 e. The number of nitrogens with two attached hydrogens (primary N) is 1. The Balaban J connectivity index is 2.23. The number of aliphatic hydroxyl groups is 1. The summed E-state index contributed by atoms with van der Waals surface area (Å²) >= 11 is 0. The average Bonchev–Trinajstić information content (AvgIpc) is 2.45. The molecule has 1 aromatic carbocycles. The van der Waals surface area contributed by atoms with Crippen LogP contribution in [0.15, 0.2) is 36.5 Å². The summed E-state index contributed by atoms with van der Waals surface area (Å²) in [5, 5.41) is 11.7. The molecule has 0 spiro atoms. The highest BCUT2D eigenvalue weighted by Gasteiger charge is 2.04. The quantitative estimate of drug-likeness (QED) is 0.730. The SMILES string of the molecule is NC(=O)c1ccc(-c2nccc(NCCO)n2)cc1. The lowest BCUT2D eigenvalue weighted by Crippen LogP contribution is -2.10. The number of hydrogen-bond acceptors (Lipinski definition) is 5. The van der Waals surface area contributed by atoms with Gasteiger partial charge in [0.15, 0.2) is 5.82 Å². The highest BCUT2D eigenvalue weighted by Crippen LogP contribution is 2.16. The zero-order chi connectivity index (χ0) is 13.7. The van der Waals surface area contributed by atoms with Crippen LogP contribution in [-0.2, 0) is 0 Å². The van der Waals surface area contributed by atoms with Crippen LogP contribution in [-0.4, -0.2) is 34.1 Å². The average molecular weight is 258 g/mol. The molecule has 6 heteroatoms. The lowest BCUT2D eigenvalue weighted by atomic mass is 10.1. The monoisotopic (exact) mass is 258 g/mol. The summed E-state index contributed by atoms with van der Waals surface area (Å²) in [5.74, 6) is 0.711. The molecular formula is C13H14N4O2. The summed E-state index contributed by atoms with van der Waals surface area (Å²) in [4.78, 5) is 19.4. The maximum absolute atomic E-state index is 11.0. The standard InChI is InChI=1S/C13H14N4O2/c14-12(19)9-1-3-10(4-2-9)13-16-6-5-11(17-13)15-7-8-18/h1-6,18H,7-8H2,(H2,14,19)(H,15,16,17). The maximum atomic E-state index is 11.0. The summed E-state index contributed by atoms with van der Waals surface area (Å²) in [6, 6.07) is 8.47. The third-order valence-corrected chi connectivity index (χ3v) is 2.50. The van der Waals surface area contributed by atoms with Crippen LogP contribution in [0.25, 0.3) is 11.4 Å². The lowest BCUT2D eigenvalue weighted by Gasteiger charge is -2.05. The molecule has 6 nitrogen and oxygen atoms in total. The normalized spacial score (nSPS) is 10.2. The zero-order valence-electron chi connectivity index (χ0n) is 10.2. The molecule has 2 rings (SSSR count). The third kappa shape index (κ3) is 3.26. The minimum absolute atomic E-state index is 0.0344. The van der Waals surface area contributed by atoms with Gasteiger partial charge in [-0.2, -0.15) is 0 Å². The topological polar surface area (TPSA) is 101 Å². The minimum atomic E-state index is -0.467. The van der Waals surface area contributed by atoms with Crippen LogP contribution < -0.4 is 11.1 Å². The van der Waals surface area contributed by atoms with Gasteiger partial charge in [0.1, 0.15) is 5.82 Å². The van der Waals surface area contributed by atoms with Gasteiger partial charge in [-0.05, 0) is 18.2 Å². The largest absolute Gasteiger partial charge is 0.395 e. The second-order valence-electron chi connectivity index (χ2n) is 3.86. The molecule has 4 N–H and O–H groups in total. The zero-order valence-corrected chi connectivity index (χ0v) is 10.2. The van der Waals surface area contributed by atoms with E-state index in [0.29, 0.717) is 23.8 Å². The van der Waals surface area contributed by atoms with Gasteiger partial charge in [0, 0.05) is 23.9 Å². The van der Waals surface area contributed by atoms with Crippen molar-refractivity contribution in [1.82, 2.24) is 9.97 Å². The maximum Gasteiger partial charge on any atom is 0.248 e. The van der Waals surface area contributed by atoms with Gasteiger partial charge in [-0.1, -0.05) is 12.1 Å². The molecule has 0 saturated heterocycles. The Morgan fingerprint density at radius 1 is 1.26 bits per heavy atom. The highest BCUT2D eigenvalue weighted by atomic mass is 16.3. The molecule has 0 aliphatic heterocycles. The van der Waals surface area contributed by atoms with Crippen LogP contribution in [0.4, 0.5) is 5.82 Å². The Morgan fingerprint density at radius 2 is 2.00 bits per heavy atom. The number of carbonyl (C=O) groups excluding carboxylic acids is 1. The van der Waals surface area contributed by atoms with E-state index >= 15 is 0 Å². The van der Waals surface area contributed by atoms with Gasteiger partial charge in [0.05, 0.1) is 6.61 Å². The summed E-state index contributed by atoms with van der Waals surface area (Å²) in [6.07, 6.45) is 1.63. The van der Waals surface area contributed by atoms with Crippen LogP contribution in [0.2, 0.25) is 0 Å². The predicted molar refractivity (Wildman–Crippen MR) is 71.6 cm³/mol. The number of nitrogens with one attached hydrogen (secondary N) is 1. The fourth-order valence-electron chi connectivity index (χ4n) is 1.56. The van der Waals surface area contributed by atoms with Crippen molar-refractivity contribution in [1.29, 1.82) is 0 Å². The molecular weight excluding hydrogens is 244 g/mol. The summed E-state index contributed by atoms with van der Waals surface area (Å²) in [6.45, 7) is 0.462. The number of anilines is 1. The Bertz CT molecular complexity index is 569. The molecule has 98 valence electrons. The number of carbonyl (C=O) groups is 1. The van der Waals surface area contributed by atoms with Crippen molar-refractivity contribution in [2.24, 2.45) is 5.73 Å². The van der Waals surface area contributed by atoms with Gasteiger partial charge in [0.2, 0.25) is 5.91 Å². The fraction of sp³-hybridized carbons (Fsp3) is 0.154. The second kappa shape index (κ2) is 5.92. The van der Waals surface area contributed by atoms with Crippen LogP contribution >= 0.6 is 0 Å². The lowest BCUT2D eigenvalue weighted by molar-refractivity contribution is 0.100. The second-order valence-corrected chi connectivity index (χ2v) is 3.86. The van der Waals surface area contributed by atoms with Crippen molar-refractivity contribution < 1.29 is 9.90 Å². The van der Waals surface area contributed by atoms with Crippen molar-refractivity contribution >= 4 is 11.7 Å². The number of aliphatic hydroxyl groups excluding tert-OH is 1. The number of amides is 1. The van der Waals surface area contributed by atoms with Gasteiger partial charge in [0.25, 0.3) is 0 Å². The highest BCUT2D eigenvalue weighted by molar-refractivity contribution is 5.93. The first-order chi connectivity index (χ1) is 9.20. The molecule has 1 amide bonds. The number of aromatic nitrogens is 2. The van der Waals surface area contributed by atoms with Crippen LogP contribution in [0.5, 0.6) is 0 Å². The molecule has 0 atom stereocenters. The van der Waals surface area contributed by atoms with Crippen molar-refractivity contribution in [2.45, 2.75) is 0 Å². The van der Waals surface area contributed by atoms with Gasteiger partial charge in [-0.3, -0.25) is 4.79 Å². The Hall–Kier alpha value is -2.47. The summed E-state index contributed by atoms with van der Waals surface area (Å²) in [7, 11) is 0. The summed E-state index contributed by atoms with van der Waals surface area (Å²) in [5.41, 5.74) is 6.41. The first-order valence-electron chi connectivity index (χ1n) is 5.78. The van der Waals surface area contributed by atoms with Gasteiger partial charge < -0.3 is 16.2 Å². The van der Waals surface area contributed by atoms with Crippen molar-refractivity contribution in [3.63, 3.8) is 0 Å². The summed E-state index contributed by atoms with van der Waals surface area (Å²) < 4.78 is 0. The molecule has 0 unspecified atom stereocenters. The molecule has 0 bridgehead atoms. The van der Waals surface area contributed by atoms with Crippen LogP contribution in [0, 0.1) is 0 Å². The van der Waals surface area contributed by atoms with Gasteiger partial charge in [-0.15, -0.1) is 0 Å². The third-order valence-electron chi connectivity index (χ3n) is 2.50. The van der Waals surface area contributed by atoms with Gasteiger partial charge >= 0.3 is 0 Å². The fourth-order valence-corrected chi connectivity index (χ4v) is 1.56. The molecule has 0 radical (unpaired) electrons. The molecule has 2 aromatic rings. The van der Waals surface area contributed by atoms with Crippen molar-refractivity contribution in [2.75, 3.05) is 18.5 Å². The van der Waals surface area contributed by atoms with E-state index in [1.807, 2.05) is 0 Å². The molecule has 1 aromatic heterocycles. The Kier molecular flexibility index (Phi) is 4.04. The number of hydrogen-bond donors (Lipinski definition) is 3. The van der Waals surface area contributed by atoms with Crippen LogP contribution in [0.3, 0.4) is 0 Å². The molecule has 0 aliphatic rings. The van der Waals surface area contributed by atoms with E-state index < -0.39 is 5.91 Å². The first kappa shape index (κ1) is 13.0. The van der Waals surface area contributed by atoms with E-state index in [1.165, 1.54) is 0 Å². The van der Waals surface area contributed by atoms with Gasteiger partial charge in [-0.25, -0.2) is 9.97 Å². The molecule has 1 heterocycles. The van der Waals surface area contributed by atoms with Crippen molar-refractivity contribution in [3.05, 3.63) is 42.1 Å². The number of rotatable bonds is 5. The molecule has 0 fully saturated rings. The number of nitrogens with zero attached hydrogens (tertiary/aromatic N) is 2. The van der Waals surface area contributed by atoms with E-state index in [9.17, 15) is 4.79 Å². The van der Waals surface area contributed by atoms with E-state index in [1.54, 1.807) is 36.5 Å².